The molecule has 2 aromatic rings. The molecule has 0 radical (unpaired) electrons. The maximum absolute atomic E-state index is 12.4. The minimum Gasteiger partial charge on any atom is -0.350 e. The van der Waals surface area contributed by atoms with Crippen molar-refractivity contribution in [2.45, 2.75) is 46.1 Å². The molecule has 0 saturated carbocycles. The number of aromatic nitrogens is 3. The summed E-state index contributed by atoms with van der Waals surface area (Å²) in [5.74, 6) is 0.387. The molecule has 0 fully saturated rings. The van der Waals surface area contributed by atoms with E-state index in [-0.39, 0.29) is 23.0 Å². The Bertz CT molecular complexity index is 896. The fourth-order valence-electron chi connectivity index (χ4n) is 2.80. The Labute approximate surface area is 146 Å². The molecule has 0 aliphatic heterocycles. The number of nitrogens with one attached hydrogen (secondary N) is 1. The highest BCUT2D eigenvalue weighted by molar-refractivity contribution is 5.96. The van der Waals surface area contributed by atoms with Crippen LogP contribution in [0.15, 0.2) is 21.9 Å². The van der Waals surface area contributed by atoms with E-state index >= 15 is 0 Å². The lowest BCUT2D eigenvalue weighted by Gasteiger charge is -2.15. The van der Waals surface area contributed by atoms with Gasteiger partial charge in [0.05, 0.1) is 10.9 Å². The fourth-order valence-corrected chi connectivity index (χ4v) is 2.80. The molecule has 0 bridgehead atoms. The van der Waals surface area contributed by atoms with Gasteiger partial charge in [0.2, 0.25) is 0 Å². The summed E-state index contributed by atoms with van der Waals surface area (Å²) in [6.07, 6.45) is 4.48. The van der Waals surface area contributed by atoms with Crippen molar-refractivity contribution in [3.05, 3.63) is 38.7 Å². The van der Waals surface area contributed by atoms with Crippen molar-refractivity contribution < 1.29 is 4.79 Å². The molecular formula is C18H26N4O3. The Hall–Kier alpha value is -2.44. The number of carbonyl (C=O) groups is 1. The molecular weight excluding hydrogens is 320 g/mol. The van der Waals surface area contributed by atoms with Crippen LogP contribution >= 0.6 is 0 Å². The van der Waals surface area contributed by atoms with E-state index in [2.05, 4.69) is 24.1 Å². The van der Waals surface area contributed by atoms with Crippen LogP contribution in [0.4, 0.5) is 0 Å². The topological polar surface area (TPSA) is 86.0 Å². The molecule has 0 saturated heterocycles. The third-order valence-corrected chi connectivity index (χ3v) is 4.35. The maximum Gasteiger partial charge on any atom is 0.332 e. The number of nitrogens with zero attached hydrogens (tertiary/aromatic N) is 3. The van der Waals surface area contributed by atoms with Gasteiger partial charge in [-0.3, -0.25) is 18.7 Å². The molecule has 0 aromatic carbocycles. The van der Waals surface area contributed by atoms with Gasteiger partial charge in [0, 0.05) is 26.3 Å². The Morgan fingerprint density at radius 1 is 1.16 bits per heavy atom. The first-order valence-electron chi connectivity index (χ1n) is 8.59. The number of rotatable bonds is 6. The van der Waals surface area contributed by atoms with E-state index in [9.17, 15) is 14.4 Å². The Morgan fingerprint density at radius 3 is 2.48 bits per heavy atom. The minimum absolute atomic E-state index is 0.0462. The summed E-state index contributed by atoms with van der Waals surface area (Å²) < 4.78 is 2.31. The largest absolute Gasteiger partial charge is 0.350 e. The predicted molar refractivity (Wildman–Crippen MR) is 97.8 cm³/mol. The molecule has 0 spiro atoms. The molecule has 1 N–H and O–H groups in total. The highest BCUT2D eigenvalue weighted by atomic mass is 16.2. The number of amides is 1. The van der Waals surface area contributed by atoms with Crippen LogP contribution in [0.1, 0.15) is 50.4 Å². The Morgan fingerprint density at radius 2 is 1.84 bits per heavy atom. The average Bonchev–Trinajstić information content (AvgIpc) is 2.57. The van der Waals surface area contributed by atoms with E-state index in [4.69, 9.17) is 0 Å². The highest BCUT2D eigenvalue weighted by Gasteiger charge is 2.15. The molecule has 0 aliphatic carbocycles. The van der Waals surface area contributed by atoms with Crippen LogP contribution in [0.5, 0.6) is 0 Å². The van der Waals surface area contributed by atoms with E-state index in [0.717, 1.165) is 23.8 Å². The first-order chi connectivity index (χ1) is 11.7. The quantitative estimate of drug-likeness (QED) is 0.860. The van der Waals surface area contributed by atoms with E-state index in [1.54, 1.807) is 7.05 Å². The third kappa shape index (κ3) is 4.15. The zero-order valence-corrected chi connectivity index (χ0v) is 15.5. The third-order valence-electron chi connectivity index (χ3n) is 4.35. The monoisotopic (exact) mass is 346 g/mol. The van der Waals surface area contributed by atoms with Gasteiger partial charge in [0.25, 0.3) is 11.5 Å². The fraction of sp³-hybridized carbons (Fsp3) is 0.556. The van der Waals surface area contributed by atoms with E-state index in [0.29, 0.717) is 11.5 Å². The molecule has 7 heteroatoms. The smallest absolute Gasteiger partial charge is 0.332 e. The number of hydrogen-bond donors (Lipinski definition) is 1. The Kier molecular flexibility index (Phi) is 5.77. The van der Waals surface area contributed by atoms with Crippen molar-refractivity contribution in [3.63, 3.8) is 0 Å². The SMILES string of the molecule is CC(C)CCC[C@H](C)NC(=O)c1cnc2c(c1)c(=O)n(C)c(=O)n2C. The van der Waals surface area contributed by atoms with Gasteiger partial charge >= 0.3 is 5.69 Å². The van der Waals surface area contributed by atoms with Crippen LogP contribution in [0.2, 0.25) is 0 Å². The second-order valence-corrected chi connectivity index (χ2v) is 7.00. The molecule has 136 valence electrons. The van der Waals surface area contributed by atoms with Crippen LogP contribution in [0, 0.1) is 5.92 Å². The number of carbonyl (C=O) groups excluding carboxylic acids is 1. The molecule has 2 heterocycles. The molecule has 7 nitrogen and oxygen atoms in total. The van der Waals surface area contributed by atoms with E-state index < -0.39 is 11.2 Å². The Balaban J connectivity index is 2.23. The second-order valence-electron chi connectivity index (χ2n) is 7.00. The van der Waals surface area contributed by atoms with Crippen LogP contribution < -0.4 is 16.6 Å². The molecule has 0 unspecified atom stereocenters. The predicted octanol–water partition coefficient (Wildman–Crippen LogP) is 1.58. The summed E-state index contributed by atoms with van der Waals surface area (Å²) >= 11 is 0. The zero-order valence-electron chi connectivity index (χ0n) is 15.5. The van der Waals surface area contributed by atoms with E-state index in [1.807, 2.05) is 6.92 Å². The highest BCUT2D eigenvalue weighted by Crippen LogP contribution is 2.10. The lowest BCUT2D eigenvalue weighted by molar-refractivity contribution is 0.0937. The van der Waals surface area contributed by atoms with Crippen molar-refractivity contribution >= 4 is 16.9 Å². The minimum atomic E-state index is -0.453. The lowest BCUT2D eigenvalue weighted by Crippen LogP contribution is -2.37. The van der Waals surface area contributed by atoms with Gasteiger partial charge in [0.1, 0.15) is 5.65 Å². The summed E-state index contributed by atoms with van der Waals surface area (Å²) in [7, 11) is 2.96. The number of pyridine rings is 1. The van der Waals surface area contributed by atoms with Crippen LogP contribution in [-0.2, 0) is 14.1 Å². The summed E-state index contributed by atoms with van der Waals surface area (Å²) in [6, 6.07) is 1.55. The standard InChI is InChI=1S/C18H26N4O3/c1-11(2)7-6-8-12(3)20-16(23)13-9-14-15(19-10-13)21(4)18(25)22(5)17(14)24/h9-12H,6-8H2,1-5H3,(H,20,23)/t12-/m0/s1. The summed E-state index contributed by atoms with van der Waals surface area (Å²) in [4.78, 5) is 40.8. The van der Waals surface area contributed by atoms with Gasteiger partial charge in [-0.15, -0.1) is 0 Å². The zero-order chi connectivity index (χ0) is 18.7. The number of fused-ring (bicyclic) bond motifs is 1. The van der Waals surface area contributed by atoms with Gasteiger partial charge in [0.15, 0.2) is 0 Å². The lowest BCUT2D eigenvalue weighted by atomic mass is 10.0. The average molecular weight is 346 g/mol. The van der Waals surface area contributed by atoms with Crippen LogP contribution in [0.3, 0.4) is 0 Å². The molecule has 1 atom stereocenters. The molecule has 2 rings (SSSR count). The normalized spacial score (nSPS) is 12.6. The molecule has 0 aliphatic rings. The van der Waals surface area contributed by atoms with Crippen molar-refractivity contribution in [2.75, 3.05) is 0 Å². The molecule has 2 aromatic heterocycles. The second kappa shape index (κ2) is 7.63. The van der Waals surface area contributed by atoms with E-state index in [1.165, 1.54) is 23.9 Å². The summed E-state index contributed by atoms with van der Waals surface area (Å²) in [6.45, 7) is 6.32. The maximum atomic E-state index is 12.4. The van der Waals surface area contributed by atoms with Gasteiger partial charge in [-0.1, -0.05) is 26.7 Å². The van der Waals surface area contributed by atoms with Gasteiger partial charge in [-0.25, -0.2) is 9.78 Å². The summed E-state index contributed by atoms with van der Waals surface area (Å²) in [5, 5.41) is 3.19. The van der Waals surface area contributed by atoms with Gasteiger partial charge in [-0.05, 0) is 25.3 Å². The first-order valence-corrected chi connectivity index (χ1v) is 8.59. The number of aryl methyl sites for hydroxylation is 1. The van der Waals surface area contributed by atoms with Gasteiger partial charge in [-0.2, -0.15) is 0 Å². The molecule has 25 heavy (non-hydrogen) atoms. The first kappa shape index (κ1) is 18.9. The van der Waals surface area contributed by atoms with Gasteiger partial charge < -0.3 is 5.32 Å². The van der Waals surface area contributed by atoms with Crippen molar-refractivity contribution in [1.29, 1.82) is 0 Å². The van der Waals surface area contributed by atoms with Crippen LogP contribution in [-0.4, -0.2) is 26.1 Å². The molecule has 1 amide bonds. The van der Waals surface area contributed by atoms with Crippen molar-refractivity contribution in [3.8, 4) is 0 Å². The van der Waals surface area contributed by atoms with Crippen LogP contribution in [0.25, 0.3) is 11.0 Å². The summed E-state index contributed by atoms with van der Waals surface area (Å²) in [5.41, 5.74) is -0.306. The van der Waals surface area contributed by atoms with Crippen molar-refractivity contribution in [1.82, 2.24) is 19.4 Å². The number of hydrogen-bond acceptors (Lipinski definition) is 4. The van der Waals surface area contributed by atoms with Crippen molar-refractivity contribution in [2.24, 2.45) is 20.0 Å².